The van der Waals surface area contributed by atoms with Crippen molar-refractivity contribution in [2.24, 2.45) is 0 Å². The van der Waals surface area contributed by atoms with Crippen LogP contribution >= 0.6 is 0 Å². The van der Waals surface area contributed by atoms with Crippen LogP contribution in [-0.4, -0.2) is 22.6 Å². The summed E-state index contributed by atoms with van der Waals surface area (Å²) in [7, 11) is 0. The second kappa shape index (κ2) is 6.91. The van der Waals surface area contributed by atoms with E-state index in [1.807, 2.05) is 24.3 Å². The van der Waals surface area contributed by atoms with Gasteiger partial charge in [0.1, 0.15) is 5.82 Å². The predicted octanol–water partition coefficient (Wildman–Crippen LogP) is 3.40. The van der Waals surface area contributed by atoms with Gasteiger partial charge in [0.25, 0.3) is 0 Å². The third-order valence-corrected chi connectivity index (χ3v) is 4.24. The second-order valence-electron chi connectivity index (χ2n) is 6.00. The molecule has 1 atom stereocenters. The third-order valence-electron chi connectivity index (χ3n) is 4.24. The molecule has 4 heteroatoms. The van der Waals surface area contributed by atoms with Crippen molar-refractivity contribution in [2.75, 3.05) is 6.54 Å². The summed E-state index contributed by atoms with van der Waals surface area (Å²) in [5.74, 6) is -0.303. The highest BCUT2D eigenvalue weighted by molar-refractivity contribution is 5.37. The molecule has 118 valence electrons. The SMILES string of the molecule is N#Cc1ccccc1CN(CC(O)c1ccc(F)cc1)C1CC1. The van der Waals surface area contributed by atoms with Crippen molar-refractivity contribution in [3.05, 3.63) is 71.0 Å². The molecule has 1 unspecified atom stereocenters. The summed E-state index contributed by atoms with van der Waals surface area (Å²) in [5.41, 5.74) is 2.37. The summed E-state index contributed by atoms with van der Waals surface area (Å²) in [6.45, 7) is 1.13. The smallest absolute Gasteiger partial charge is 0.123 e. The van der Waals surface area contributed by atoms with E-state index in [9.17, 15) is 14.8 Å². The Morgan fingerprint density at radius 3 is 2.52 bits per heavy atom. The summed E-state index contributed by atoms with van der Waals surface area (Å²) in [6.07, 6.45) is 1.57. The van der Waals surface area contributed by atoms with Crippen LogP contribution in [0.5, 0.6) is 0 Å². The Bertz CT molecular complexity index is 704. The fourth-order valence-electron chi connectivity index (χ4n) is 2.78. The van der Waals surface area contributed by atoms with Crippen molar-refractivity contribution in [2.45, 2.75) is 31.5 Å². The number of benzene rings is 2. The minimum atomic E-state index is -0.662. The molecule has 0 spiro atoms. The van der Waals surface area contributed by atoms with E-state index in [4.69, 9.17) is 0 Å². The average molecular weight is 310 g/mol. The number of rotatable bonds is 6. The Labute approximate surface area is 135 Å². The van der Waals surface area contributed by atoms with Gasteiger partial charge in [0.2, 0.25) is 0 Å². The van der Waals surface area contributed by atoms with Gasteiger partial charge in [-0.1, -0.05) is 30.3 Å². The van der Waals surface area contributed by atoms with Crippen LogP contribution in [0.4, 0.5) is 4.39 Å². The fraction of sp³-hybridized carbons (Fsp3) is 0.316. The normalized spacial score (nSPS) is 15.4. The van der Waals surface area contributed by atoms with Gasteiger partial charge in [-0.25, -0.2) is 4.39 Å². The number of halogens is 1. The summed E-state index contributed by atoms with van der Waals surface area (Å²) < 4.78 is 13.0. The predicted molar refractivity (Wildman–Crippen MR) is 85.9 cm³/mol. The molecule has 2 aromatic carbocycles. The van der Waals surface area contributed by atoms with Crippen molar-refractivity contribution < 1.29 is 9.50 Å². The molecule has 0 aromatic heterocycles. The van der Waals surface area contributed by atoms with Gasteiger partial charge in [-0.3, -0.25) is 4.90 Å². The van der Waals surface area contributed by atoms with Crippen LogP contribution in [-0.2, 0) is 6.54 Å². The molecule has 2 aromatic rings. The van der Waals surface area contributed by atoms with E-state index < -0.39 is 6.10 Å². The van der Waals surface area contributed by atoms with Gasteiger partial charge in [-0.2, -0.15) is 5.26 Å². The number of nitrogens with zero attached hydrogens (tertiary/aromatic N) is 2. The van der Waals surface area contributed by atoms with Crippen LogP contribution in [0.1, 0.15) is 35.6 Å². The molecule has 1 aliphatic rings. The summed E-state index contributed by atoms with van der Waals surface area (Å²) >= 11 is 0. The Kier molecular flexibility index (Phi) is 4.71. The lowest BCUT2D eigenvalue weighted by Crippen LogP contribution is -2.30. The Morgan fingerprint density at radius 1 is 1.17 bits per heavy atom. The van der Waals surface area contributed by atoms with Gasteiger partial charge in [0.05, 0.1) is 17.7 Å². The number of hydrogen-bond donors (Lipinski definition) is 1. The van der Waals surface area contributed by atoms with Crippen molar-refractivity contribution in [1.29, 1.82) is 5.26 Å². The maximum Gasteiger partial charge on any atom is 0.123 e. The molecule has 3 rings (SSSR count). The van der Waals surface area contributed by atoms with Gasteiger partial charge in [0.15, 0.2) is 0 Å². The zero-order chi connectivity index (χ0) is 16.2. The molecule has 0 amide bonds. The molecule has 1 N–H and O–H groups in total. The second-order valence-corrected chi connectivity index (χ2v) is 6.00. The molecule has 3 nitrogen and oxygen atoms in total. The highest BCUT2D eigenvalue weighted by Gasteiger charge is 2.30. The van der Waals surface area contributed by atoms with Crippen molar-refractivity contribution >= 4 is 0 Å². The maximum atomic E-state index is 13.0. The lowest BCUT2D eigenvalue weighted by atomic mass is 10.1. The van der Waals surface area contributed by atoms with Crippen molar-refractivity contribution in [3.63, 3.8) is 0 Å². The maximum absolute atomic E-state index is 13.0. The molecule has 1 saturated carbocycles. The molecule has 1 aliphatic carbocycles. The molecular weight excluding hydrogens is 291 g/mol. The number of nitriles is 1. The molecule has 0 heterocycles. The van der Waals surface area contributed by atoms with Gasteiger partial charge in [0, 0.05) is 19.1 Å². The van der Waals surface area contributed by atoms with Gasteiger partial charge in [-0.15, -0.1) is 0 Å². The molecule has 0 aliphatic heterocycles. The fourth-order valence-corrected chi connectivity index (χ4v) is 2.78. The standard InChI is InChI=1S/C19H19FN2O/c20-17-7-5-14(6-8-17)19(23)13-22(18-9-10-18)12-16-4-2-1-3-15(16)11-21/h1-8,18-19,23H,9-10,12-13H2. The Hall–Kier alpha value is -2.22. The minimum Gasteiger partial charge on any atom is -0.387 e. The Balaban J connectivity index is 1.72. The molecule has 1 fully saturated rings. The zero-order valence-corrected chi connectivity index (χ0v) is 12.8. The first-order valence-corrected chi connectivity index (χ1v) is 7.83. The van der Waals surface area contributed by atoms with Crippen LogP contribution in [0, 0.1) is 17.1 Å². The van der Waals surface area contributed by atoms with Crippen molar-refractivity contribution in [3.8, 4) is 6.07 Å². The average Bonchev–Trinajstić information content (AvgIpc) is 3.40. The number of aliphatic hydroxyl groups excluding tert-OH is 1. The Morgan fingerprint density at radius 2 is 1.87 bits per heavy atom. The van der Waals surface area contributed by atoms with E-state index in [0.717, 1.165) is 18.4 Å². The monoisotopic (exact) mass is 310 g/mol. The third kappa shape index (κ3) is 3.95. The topological polar surface area (TPSA) is 47.3 Å². The summed E-state index contributed by atoms with van der Waals surface area (Å²) in [6, 6.07) is 16.2. The van der Waals surface area contributed by atoms with Gasteiger partial charge < -0.3 is 5.11 Å². The highest BCUT2D eigenvalue weighted by atomic mass is 19.1. The molecule has 0 radical (unpaired) electrons. The summed E-state index contributed by atoms with van der Waals surface area (Å²) in [5, 5.41) is 19.7. The highest BCUT2D eigenvalue weighted by Crippen LogP contribution is 2.30. The first-order valence-electron chi connectivity index (χ1n) is 7.83. The molecule has 0 saturated heterocycles. The van der Waals surface area contributed by atoms with Crippen LogP contribution < -0.4 is 0 Å². The van der Waals surface area contributed by atoms with E-state index in [1.165, 1.54) is 12.1 Å². The van der Waals surface area contributed by atoms with Gasteiger partial charge in [-0.05, 0) is 42.2 Å². The van der Waals surface area contributed by atoms with E-state index in [1.54, 1.807) is 12.1 Å². The number of hydrogen-bond acceptors (Lipinski definition) is 3. The lowest BCUT2D eigenvalue weighted by molar-refractivity contribution is 0.104. The van der Waals surface area contributed by atoms with Crippen LogP contribution in [0.25, 0.3) is 0 Å². The van der Waals surface area contributed by atoms with Gasteiger partial charge >= 0.3 is 0 Å². The quantitative estimate of drug-likeness (QED) is 0.889. The van der Waals surface area contributed by atoms with E-state index >= 15 is 0 Å². The minimum absolute atomic E-state index is 0.303. The van der Waals surface area contributed by atoms with Crippen LogP contribution in [0.15, 0.2) is 48.5 Å². The molecular formula is C19H19FN2O. The van der Waals surface area contributed by atoms with Crippen LogP contribution in [0.2, 0.25) is 0 Å². The first-order chi connectivity index (χ1) is 11.2. The number of aliphatic hydroxyl groups is 1. The molecule has 23 heavy (non-hydrogen) atoms. The summed E-state index contributed by atoms with van der Waals surface area (Å²) in [4.78, 5) is 2.21. The van der Waals surface area contributed by atoms with E-state index in [-0.39, 0.29) is 5.82 Å². The zero-order valence-electron chi connectivity index (χ0n) is 12.8. The lowest BCUT2D eigenvalue weighted by Gasteiger charge is -2.25. The van der Waals surface area contributed by atoms with E-state index in [2.05, 4.69) is 11.0 Å². The first kappa shape index (κ1) is 15.7. The van der Waals surface area contributed by atoms with Crippen LogP contribution in [0.3, 0.4) is 0 Å². The largest absolute Gasteiger partial charge is 0.387 e. The molecule has 0 bridgehead atoms. The van der Waals surface area contributed by atoms with Crippen molar-refractivity contribution in [1.82, 2.24) is 4.90 Å². The van der Waals surface area contributed by atoms with E-state index in [0.29, 0.717) is 30.3 Å².